The van der Waals surface area contributed by atoms with E-state index in [2.05, 4.69) is 15.6 Å². The second kappa shape index (κ2) is 3.86. The van der Waals surface area contributed by atoms with Gasteiger partial charge in [-0.3, -0.25) is 14.6 Å². The van der Waals surface area contributed by atoms with Crippen molar-refractivity contribution >= 4 is 11.9 Å². The number of hydrazine groups is 2. The van der Waals surface area contributed by atoms with Crippen molar-refractivity contribution in [3.8, 4) is 0 Å². The fraction of sp³-hybridized carbons (Fsp3) is 0.333. The van der Waals surface area contributed by atoms with Crippen LogP contribution in [0.1, 0.15) is 6.92 Å². The lowest BCUT2D eigenvalue weighted by atomic mass is 10.3. The number of amides is 1. The molecule has 7 nitrogen and oxygen atoms in total. The third kappa shape index (κ3) is 1.84. The van der Waals surface area contributed by atoms with Crippen LogP contribution in [0.4, 0.5) is 0 Å². The lowest BCUT2D eigenvalue weighted by molar-refractivity contribution is -0.143. The van der Waals surface area contributed by atoms with Crippen LogP contribution in [0.5, 0.6) is 0 Å². The van der Waals surface area contributed by atoms with Gasteiger partial charge in [-0.1, -0.05) is 0 Å². The minimum absolute atomic E-state index is 0.0322. The average molecular weight is 224 g/mol. The van der Waals surface area contributed by atoms with Crippen molar-refractivity contribution in [1.29, 1.82) is 0 Å². The lowest BCUT2D eigenvalue weighted by Crippen LogP contribution is -2.48. The molecule has 0 bridgehead atoms. The summed E-state index contributed by atoms with van der Waals surface area (Å²) in [6.45, 7) is 1.82. The highest BCUT2D eigenvalue weighted by Crippen LogP contribution is 2.15. The van der Waals surface area contributed by atoms with Gasteiger partial charge in [-0.15, -0.1) is 5.53 Å². The van der Waals surface area contributed by atoms with E-state index < -0.39 is 0 Å². The third-order valence-corrected chi connectivity index (χ3v) is 2.16. The third-order valence-electron chi connectivity index (χ3n) is 2.16. The molecule has 0 saturated carbocycles. The van der Waals surface area contributed by atoms with Crippen LogP contribution in [0, 0.1) is 0 Å². The van der Waals surface area contributed by atoms with Gasteiger partial charge in [0.05, 0.1) is 13.3 Å². The summed E-state index contributed by atoms with van der Waals surface area (Å²) >= 11 is 0. The molecule has 0 aliphatic carbocycles. The maximum Gasteiger partial charge on any atom is 0.326 e. The topological polar surface area (TPSA) is 73.9 Å². The molecule has 2 aliphatic rings. The number of methoxy groups -OCH3 is 1. The fourth-order valence-corrected chi connectivity index (χ4v) is 1.45. The van der Waals surface area contributed by atoms with Gasteiger partial charge in [0.2, 0.25) is 0 Å². The Bertz CT molecular complexity index is 402. The summed E-state index contributed by atoms with van der Waals surface area (Å²) in [7, 11) is 1.31. The summed E-state index contributed by atoms with van der Waals surface area (Å²) in [5.74, 6) is 0.0186. The predicted molar refractivity (Wildman–Crippen MR) is 53.7 cm³/mol. The minimum atomic E-state index is -0.388. The summed E-state index contributed by atoms with van der Waals surface area (Å²) in [5, 5.41) is 5.79. The first kappa shape index (κ1) is 10.5. The van der Waals surface area contributed by atoms with Crippen molar-refractivity contribution in [2.45, 2.75) is 6.92 Å². The number of allylic oxidation sites excluding steroid dienone is 1. The number of rotatable bonds is 2. The van der Waals surface area contributed by atoms with Crippen LogP contribution in [0.2, 0.25) is 0 Å². The van der Waals surface area contributed by atoms with Crippen molar-refractivity contribution in [2.75, 3.05) is 13.7 Å². The van der Waals surface area contributed by atoms with E-state index in [1.54, 1.807) is 13.1 Å². The zero-order valence-electron chi connectivity index (χ0n) is 8.98. The summed E-state index contributed by atoms with van der Waals surface area (Å²) in [6, 6.07) is 0. The highest BCUT2D eigenvalue weighted by Gasteiger charge is 2.29. The normalized spacial score (nSPS) is 18.8. The molecule has 2 aliphatic heterocycles. The molecule has 16 heavy (non-hydrogen) atoms. The van der Waals surface area contributed by atoms with Gasteiger partial charge in [-0.2, -0.15) is 0 Å². The fourth-order valence-electron chi connectivity index (χ4n) is 1.45. The molecule has 0 saturated heterocycles. The van der Waals surface area contributed by atoms with Crippen LogP contribution in [-0.2, 0) is 14.3 Å². The Kier molecular flexibility index (Phi) is 2.53. The molecular formula is C9H12N4O3. The summed E-state index contributed by atoms with van der Waals surface area (Å²) in [5.41, 5.74) is 3.50. The first-order valence-corrected chi connectivity index (χ1v) is 4.71. The van der Waals surface area contributed by atoms with Crippen LogP contribution >= 0.6 is 0 Å². The first-order chi connectivity index (χ1) is 7.60. The Hall–Kier alpha value is -2.02. The predicted octanol–water partition coefficient (Wildman–Crippen LogP) is -0.971. The van der Waals surface area contributed by atoms with E-state index >= 15 is 0 Å². The number of ether oxygens (including phenoxy) is 1. The highest BCUT2D eigenvalue weighted by atomic mass is 16.5. The molecule has 0 radical (unpaired) electrons. The van der Waals surface area contributed by atoms with E-state index in [0.717, 1.165) is 5.70 Å². The van der Waals surface area contributed by atoms with Gasteiger partial charge >= 0.3 is 5.97 Å². The van der Waals surface area contributed by atoms with Gasteiger partial charge in [-0.25, -0.2) is 5.01 Å². The molecule has 2 N–H and O–H groups in total. The maximum absolute atomic E-state index is 11.6. The monoisotopic (exact) mass is 224 g/mol. The van der Waals surface area contributed by atoms with Gasteiger partial charge in [0.25, 0.3) is 5.91 Å². The second-order valence-electron chi connectivity index (χ2n) is 3.44. The smallest absolute Gasteiger partial charge is 0.326 e. The quantitative estimate of drug-likeness (QED) is 0.588. The minimum Gasteiger partial charge on any atom is -0.468 e. The van der Waals surface area contributed by atoms with Gasteiger partial charge in [0, 0.05) is 11.8 Å². The molecular weight excluding hydrogens is 212 g/mol. The highest BCUT2D eigenvalue weighted by molar-refractivity contribution is 5.90. The molecule has 1 amide bonds. The Morgan fingerprint density at radius 3 is 3.00 bits per heavy atom. The summed E-state index contributed by atoms with van der Waals surface area (Å²) < 4.78 is 4.53. The van der Waals surface area contributed by atoms with Crippen LogP contribution in [0.3, 0.4) is 0 Å². The number of fused-ring (bicyclic) bond motifs is 1. The Labute approximate surface area is 92.3 Å². The van der Waals surface area contributed by atoms with Gasteiger partial charge in [0.15, 0.2) is 0 Å². The number of nitrogens with one attached hydrogen (secondary N) is 2. The van der Waals surface area contributed by atoms with E-state index in [4.69, 9.17) is 0 Å². The molecule has 86 valence electrons. The molecule has 0 atom stereocenters. The molecule has 0 aromatic rings. The molecule has 2 heterocycles. The number of hydrogen-bond donors (Lipinski definition) is 2. The van der Waals surface area contributed by atoms with Crippen LogP contribution < -0.4 is 10.9 Å². The second-order valence-corrected chi connectivity index (χ2v) is 3.44. The van der Waals surface area contributed by atoms with Crippen molar-refractivity contribution in [2.24, 2.45) is 0 Å². The van der Waals surface area contributed by atoms with Gasteiger partial charge in [0.1, 0.15) is 12.4 Å². The zero-order valence-corrected chi connectivity index (χ0v) is 8.98. The number of nitrogens with zero attached hydrogens (tertiary/aromatic N) is 2. The first-order valence-electron chi connectivity index (χ1n) is 4.71. The number of esters is 1. The molecule has 7 heteroatoms. The molecule has 0 aromatic heterocycles. The number of hydrogen-bond acceptors (Lipinski definition) is 6. The van der Waals surface area contributed by atoms with Gasteiger partial charge < -0.3 is 10.1 Å². The van der Waals surface area contributed by atoms with Crippen LogP contribution in [0.25, 0.3) is 0 Å². The number of carbonyl (C=O) groups excluding carboxylic acids is 2. The largest absolute Gasteiger partial charge is 0.468 e. The summed E-state index contributed by atoms with van der Waals surface area (Å²) in [6.07, 6.45) is 3.09. The average Bonchev–Trinajstić information content (AvgIpc) is 2.60. The lowest BCUT2D eigenvalue weighted by Gasteiger charge is -2.24. The standard InChI is InChI=1S/C9H12N4O3/c1-6-3-8(14)13-7(10-6)4-12(11-13)5-9(15)16-2/h3-4,10-11H,5H2,1-2H3. The molecule has 0 aromatic carbocycles. The molecule has 0 spiro atoms. The van der Waals surface area contributed by atoms with E-state index in [0.29, 0.717) is 5.82 Å². The van der Waals surface area contributed by atoms with Crippen molar-refractivity contribution in [3.63, 3.8) is 0 Å². The van der Waals surface area contributed by atoms with E-state index in [-0.39, 0.29) is 18.4 Å². The van der Waals surface area contributed by atoms with Crippen molar-refractivity contribution in [1.82, 2.24) is 20.9 Å². The zero-order chi connectivity index (χ0) is 11.7. The SMILES string of the molecule is COC(=O)CN1C=C2NC(C)=CC(=O)N2N1. The Morgan fingerprint density at radius 2 is 2.31 bits per heavy atom. The van der Waals surface area contributed by atoms with Crippen molar-refractivity contribution in [3.05, 3.63) is 23.8 Å². The summed E-state index contributed by atoms with van der Waals surface area (Å²) in [4.78, 5) is 22.6. The van der Waals surface area contributed by atoms with Crippen LogP contribution in [0.15, 0.2) is 23.8 Å². The Balaban J connectivity index is 2.07. The Morgan fingerprint density at radius 1 is 1.56 bits per heavy atom. The molecule has 0 fully saturated rings. The number of carbonyl (C=O) groups is 2. The van der Waals surface area contributed by atoms with E-state index in [1.165, 1.54) is 23.2 Å². The van der Waals surface area contributed by atoms with Gasteiger partial charge in [-0.05, 0) is 6.92 Å². The van der Waals surface area contributed by atoms with E-state index in [9.17, 15) is 9.59 Å². The molecule has 2 rings (SSSR count). The van der Waals surface area contributed by atoms with Crippen molar-refractivity contribution < 1.29 is 14.3 Å². The molecule has 0 unspecified atom stereocenters. The van der Waals surface area contributed by atoms with Crippen LogP contribution in [-0.4, -0.2) is 35.5 Å². The maximum atomic E-state index is 11.6. The van der Waals surface area contributed by atoms with E-state index in [1.807, 2.05) is 0 Å².